The molecule has 5 heteroatoms. The first-order valence-corrected chi connectivity index (χ1v) is 6.03. The number of azide groups is 1. The van der Waals surface area contributed by atoms with Gasteiger partial charge in [0.15, 0.2) is 0 Å². The Balaban J connectivity index is 1.98. The van der Waals surface area contributed by atoms with E-state index in [9.17, 15) is 4.79 Å². The lowest BCUT2D eigenvalue weighted by Crippen LogP contribution is -2.24. The summed E-state index contributed by atoms with van der Waals surface area (Å²) in [6.07, 6.45) is 0.491. The van der Waals surface area contributed by atoms with Crippen molar-refractivity contribution in [2.75, 3.05) is 13.1 Å². The summed E-state index contributed by atoms with van der Waals surface area (Å²) >= 11 is 0. The fourth-order valence-corrected chi connectivity index (χ4v) is 2.31. The van der Waals surface area contributed by atoms with Crippen molar-refractivity contribution in [2.45, 2.75) is 19.9 Å². The van der Waals surface area contributed by atoms with E-state index in [0.29, 0.717) is 26.1 Å². The Bertz CT molecular complexity index is 494. The quantitative estimate of drug-likeness (QED) is 0.456. The summed E-state index contributed by atoms with van der Waals surface area (Å²) in [5.74, 6) is 0.313. The fourth-order valence-electron chi connectivity index (χ4n) is 2.31. The van der Waals surface area contributed by atoms with Gasteiger partial charge in [-0.05, 0) is 23.9 Å². The van der Waals surface area contributed by atoms with Crippen LogP contribution in [0.15, 0.2) is 29.4 Å². The van der Waals surface area contributed by atoms with Crippen molar-refractivity contribution in [1.29, 1.82) is 0 Å². The Labute approximate surface area is 106 Å². The van der Waals surface area contributed by atoms with Crippen LogP contribution in [0.1, 0.15) is 17.5 Å². The molecule has 1 aliphatic rings. The Morgan fingerprint density at radius 3 is 3.11 bits per heavy atom. The van der Waals surface area contributed by atoms with E-state index >= 15 is 0 Å². The van der Waals surface area contributed by atoms with Crippen LogP contribution >= 0.6 is 0 Å². The number of hydrogen-bond acceptors (Lipinski definition) is 2. The van der Waals surface area contributed by atoms with Crippen LogP contribution in [0.25, 0.3) is 10.4 Å². The molecule has 2 rings (SSSR count). The summed E-state index contributed by atoms with van der Waals surface area (Å²) in [4.78, 5) is 16.4. The van der Waals surface area contributed by atoms with E-state index in [1.165, 1.54) is 5.56 Å². The van der Waals surface area contributed by atoms with Crippen molar-refractivity contribution in [2.24, 2.45) is 11.0 Å². The van der Waals surface area contributed by atoms with E-state index in [2.05, 4.69) is 16.1 Å². The lowest BCUT2D eigenvalue weighted by atomic mass is 10.1. The number of nitrogens with zero attached hydrogens (tertiary/aromatic N) is 4. The van der Waals surface area contributed by atoms with Gasteiger partial charge in [-0.3, -0.25) is 4.79 Å². The van der Waals surface area contributed by atoms with E-state index in [-0.39, 0.29) is 11.8 Å². The minimum Gasteiger partial charge on any atom is -0.338 e. The summed E-state index contributed by atoms with van der Waals surface area (Å²) < 4.78 is 0. The van der Waals surface area contributed by atoms with Crippen LogP contribution in [0.5, 0.6) is 0 Å². The SMILES string of the molecule is Cc1cccc(CN2CC(CN=[N+]=[N-])CC2=O)c1. The highest BCUT2D eigenvalue weighted by atomic mass is 16.2. The van der Waals surface area contributed by atoms with Crippen LogP contribution in [0.4, 0.5) is 0 Å². The molecule has 1 aromatic rings. The lowest BCUT2D eigenvalue weighted by molar-refractivity contribution is -0.128. The molecule has 0 N–H and O–H groups in total. The minimum atomic E-state index is 0.148. The molecule has 18 heavy (non-hydrogen) atoms. The molecule has 0 aromatic heterocycles. The van der Waals surface area contributed by atoms with Crippen LogP contribution in [0.2, 0.25) is 0 Å². The standard InChI is InChI=1S/C13H16N4O/c1-10-3-2-4-11(5-10)8-17-9-12(6-13(17)18)7-15-16-14/h2-5,12H,6-9H2,1H3. The molecule has 5 nitrogen and oxygen atoms in total. The normalized spacial score (nSPS) is 18.8. The highest BCUT2D eigenvalue weighted by Gasteiger charge is 2.28. The zero-order chi connectivity index (χ0) is 13.0. The second-order valence-electron chi connectivity index (χ2n) is 4.75. The summed E-state index contributed by atoms with van der Waals surface area (Å²) in [6, 6.07) is 8.16. The fraction of sp³-hybridized carbons (Fsp3) is 0.462. The Kier molecular flexibility index (Phi) is 3.85. The summed E-state index contributed by atoms with van der Waals surface area (Å²) in [6.45, 7) is 3.78. The molecule has 1 heterocycles. The van der Waals surface area contributed by atoms with Gasteiger partial charge in [0.25, 0.3) is 0 Å². The van der Waals surface area contributed by atoms with Crippen LogP contribution in [-0.4, -0.2) is 23.9 Å². The van der Waals surface area contributed by atoms with Gasteiger partial charge < -0.3 is 4.90 Å². The Morgan fingerprint density at radius 2 is 2.39 bits per heavy atom. The number of carbonyl (C=O) groups excluding carboxylic acids is 1. The maximum absolute atomic E-state index is 11.8. The van der Waals surface area contributed by atoms with Crippen molar-refractivity contribution in [3.63, 3.8) is 0 Å². The third-order valence-electron chi connectivity index (χ3n) is 3.15. The van der Waals surface area contributed by atoms with Crippen LogP contribution < -0.4 is 0 Å². The molecule has 0 radical (unpaired) electrons. The molecular weight excluding hydrogens is 228 g/mol. The molecule has 1 amide bonds. The van der Waals surface area contributed by atoms with E-state index in [4.69, 9.17) is 5.53 Å². The van der Waals surface area contributed by atoms with Crippen LogP contribution in [0, 0.1) is 12.8 Å². The number of benzene rings is 1. The van der Waals surface area contributed by atoms with Crippen molar-refractivity contribution >= 4 is 5.91 Å². The maximum Gasteiger partial charge on any atom is 0.223 e. The summed E-state index contributed by atoms with van der Waals surface area (Å²) in [7, 11) is 0. The zero-order valence-electron chi connectivity index (χ0n) is 10.4. The Morgan fingerprint density at radius 1 is 1.56 bits per heavy atom. The number of hydrogen-bond donors (Lipinski definition) is 0. The van der Waals surface area contributed by atoms with Crippen LogP contribution in [0.3, 0.4) is 0 Å². The van der Waals surface area contributed by atoms with Gasteiger partial charge in [-0.1, -0.05) is 34.9 Å². The number of aryl methyl sites for hydroxylation is 1. The summed E-state index contributed by atoms with van der Waals surface area (Å²) in [5.41, 5.74) is 10.6. The van der Waals surface area contributed by atoms with Gasteiger partial charge >= 0.3 is 0 Å². The largest absolute Gasteiger partial charge is 0.338 e. The average molecular weight is 244 g/mol. The van der Waals surface area contributed by atoms with Crippen molar-refractivity contribution < 1.29 is 4.79 Å². The van der Waals surface area contributed by atoms with Gasteiger partial charge in [-0.15, -0.1) is 0 Å². The van der Waals surface area contributed by atoms with E-state index in [1.807, 2.05) is 30.0 Å². The van der Waals surface area contributed by atoms with Crippen molar-refractivity contribution in [3.05, 3.63) is 45.8 Å². The minimum absolute atomic E-state index is 0.148. The van der Waals surface area contributed by atoms with E-state index in [0.717, 1.165) is 5.56 Å². The molecule has 1 fully saturated rings. The van der Waals surface area contributed by atoms with Gasteiger partial charge in [0.1, 0.15) is 0 Å². The second-order valence-corrected chi connectivity index (χ2v) is 4.75. The number of rotatable bonds is 4. The molecule has 1 atom stereocenters. The van der Waals surface area contributed by atoms with Crippen LogP contribution in [-0.2, 0) is 11.3 Å². The maximum atomic E-state index is 11.8. The number of amides is 1. The van der Waals surface area contributed by atoms with E-state index < -0.39 is 0 Å². The molecule has 0 spiro atoms. The molecular formula is C13H16N4O. The predicted molar refractivity (Wildman–Crippen MR) is 68.7 cm³/mol. The highest BCUT2D eigenvalue weighted by molar-refractivity contribution is 5.78. The Hall–Kier alpha value is -2.00. The zero-order valence-corrected chi connectivity index (χ0v) is 10.4. The third kappa shape index (κ3) is 3.02. The molecule has 1 aromatic carbocycles. The lowest BCUT2D eigenvalue weighted by Gasteiger charge is -2.16. The highest BCUT2D eigenvalue weighted by Crippen LogP contribution is 2.20. The second kappa shape index (κ2) is 5.56. The number of carbonyl (C=O) groups is 1. The van der Waals surface area contributed by atoms with Gasteiger partial charge in [0.2, 0.25) is 5.91 Å². The monoisotopic (exact) mass is 244 g/mol. The molecule has 0 aliphatic carbocycles. The molecule has 0 bridgehead atoms. The molecule has 0 saturated carbocycles. The average Bonchev–Trinajstić information content (AvgIpc) is 2.68. The van der Waals surface area contributed by atoms with Gasteiger partial charge in [0, 0.05) is 31.0 Å². The van der Waals surface area contributed by atoms with Crippen molar-refractivity contribution in [3.8, 4) is 0 Å². The first kappa shape index (κ1) is 12.5. The van der Waals surface area contributed by atoms with E-state index in [1.54, 1.807) is 0 Å². The molecule has 1 saturated heterocycles. The smallest absolute Gasteiger partial charge is 0.223 e. The van der Waals surface area contributed by atoms with Gasteiger partial charge in [0.05, 0.1) is 0 Å². The first-order chi connectivity index (χ1) is 8.69. The van der Waals surface area contributed by atoms with Gasteiger partial charge in [-0.25, -0.2) is 0 Å². The molecule has 1 aliphatic heterocycles. The molecule has 94 valence electrons. The predicted octanol–water partition coefficient (Wildman–Crippen LogP) is 2.65. The topological polar surface area (TPSA) is 69.1 Å². The summed E-state index contributed by atoms with van der Waals surface area (Å²) in [5, 5.41) is 3.55. The van der Waals surface area contributed by atoms with Gasteiger partial charge in [-0.2, -0.15) is 0 Å². The number of likely N-dealkylation sites (tertiary alicyclic amines) is 1. The first-order valence-electron chi connectivity index (χ1n) is 6.03. The third-order valence-corrected chi connectivity index (χ3v) is 3.15. The molecule has 1 unspecified atom stereocenters. The van der Waals surface area contributed by atoms with Crippen molar-refractivity contribution in [1.82, 2.24) is 4.90 Å².